The molecule has 0 bridgehead atoms. The molecule has 0 atom stereocenters. The molecule has 4 rings (SSSR count). The monoisotopic (exact) mass is 319 g/mol. The Labute approximate surface area is 114 Å². The van der Waals surface area contributed by atoms with Crippen molar-refractivity contribution in [1.82, 2.24) is 14.6 Å². The summed E-state index contributed by atoms with van der Waals surface area (Å²) in [6.07, 6.45) is 1.87. The lowest BCUT2D eigenvalue weighted by atomic mass is 10.2. The van der Waals surface area contributed by atoms with Gasteiger partial charge < -0.3 is 4.42 Å². The predicted octanol–water partition coefficient (Wildman–Crippen LogP) is 3.97. The van der Waals surface area contributed by atoms with Gasteiger partial charge in [0, 0.05) is 9.86 Å². The van der Waals surface area contributed by atoms with E-state index in [4.69, 9.17) is 4.42 Å². The van der Waals surface area contributed by atoms with Crippen LogP contribution in [0.1, 0.15) is 0 Å². The Hall–Kier alpha value is -1.66. The topological polar surface area (TPSA) is 43.3 Å². The number of imidazole rings is 1. The number of furan rings is 1. The second kappa shape index (κ2) is 3.66. The summed E-state index contributed by atoms with van der Waals surface area (Å²) >= 11 is 4.95. The van der Waals surface area contributed by atoms with Crippen molar-refractivity contribution >= 4 is 43.2 Å². The third kappa shape index (κ3) is 1.49. The molecule has 18 heavy (non-hydrogen) atoms. The zero-order valence-electron chi connectivity index (χ0n) is 9.00. The molecule has 0 spiro atoms. The Morgan fingerprint density at radius 1 is 1.28 bits per heavy atom. The molecular formula is C12H6BrN3OS. The zero-order valence-corrected chi connectivity index (χ0v) is 11.4. The Balaban J connectivity index is 1.93. The van der Waals surface area contributed by atoms with E-state index in [-0.39, 0.29) is 0 Å². The van der Waals surface area contributed by atoms with Gasteiger partial charge in [-0.1, -0.05) is 27.3 Å². The third-order valence-corrected chi connectivity index (χ3v) is 3.90. The number of halogens is 1. The molecule has 0 fully saturated rings. The second-order valence-corrected chi connectivity index (χ2v) is 5.61. The Kier molecular flexibility index (Phi) is 2.09. The SMILES string of the molecule is Brc1ccc2oc(-c3cn4ncsc4n3)cc2c1. The Morgan fingerprint density at radius 2 is 2.22 bits per heavy atom. The van der Waals surface area contributed by atoms with Gasteiger partial charge in [-0.2, -0.15) is 5.10 Å². The van der Waals surface area contributed by atoms with E-state index in [1.54, 1.807) is 10.0 Å². The summed E-state index contributed by atoms with van der Waals surface area (Å²) < 4.78 is 8.58. The van der Waals surface area contributed by atoms with E-state index in [9.17, 15) is 0 Å². The number of hydrogen-bond acceptors (Lipinski definition) is 4. The molecule has 4 nitrogen and oxygen atoms in total. The summed E-state index contributed by atoms with van der Waals surface area (Å²) in [6.45, 7) is 0. The molecule has 4 aromatic rings. The lowest BCUT2D eigenvalue weighted by molar-refractivity contribution is 0.629. The number of rotatable bonds is 1. The van der Waals surface area contributed by atoms with Crippen molar-refractivity contribution in [2.75, 3.05) is 0 Å². The molecule has 1 aromatic carbocycles. The molecule has 0 saturated heterocycles. The number of aromatic nitrogens is 3. The van der Waals surface area contributed by atoms with Gasteiger partial charge in [-0.25, -0.2) is 9.50 Å². The quantitative estimate of drug-likeness (QED) is 0.533. The maximum atomic E-state index is 5.79. The highest BCUT2D eigenvalue weighted by atomic mass is 79.9. The molecule has 0 saturated carbocycles. The highest BCUT2D eigenvalue weighted by Crippen LogP contribution is 2.29. The maximum Gasteiger partial charge on any atom is 0.212 e. The van der Waals surface area contributed by atoms with Crippen molar-refractivity contribution in [3.8, 4) is 11.5 Å². The average Bonchev–Trinajstić information content (AvgIpc) is 2.99. The molecule has 0 aliphatic heterocycles. The predicted molar refractivity (Wildman–Crippen MR) is 73.8 cm³/mol. The first kappa shape index (κ1) is 10.3. The average molecular weight is 320 g/mol. The number of fused-ring (bicyclic) bond motifs is 2. The summed E-state index contributed by atoms with van der Waals surface area (Å²) in [7, 11) is 0. The molecule has 6 heteroatoms. The van der Waals surface area contributed by atoms with Crippen molar-refractivity contribution in [2.45, 2.75) is 0 Å². The first-order valence-electron chi connectivity index (χ1n) is 5.28. The van der Waals surface area contributed by atoms with E-state index in [1.165, 1.54) is 11.3 Å². The number of hydrogen-bond donors (Lipinski definition) is 0. The van der Waals surface area contributed by atoms with E-state index in [2.05, 4.69) is 26.0 Å². The molecule has 88 valence electrons. The maximum absolute atomic E-state index is 5.79. The molecule has 3 heterocycles. The molecular weight excluding hydrogens is 314 g/mol. The minimum atomic E-state index is 0.765. The van der Waals surface area contributed by atoms with E-state index in [0.717, 1.165) is 31.9 Å². The van der Waals surface area contributed by atoms with Gasteiger partial charge in [0.1, 0.15) is 16.8 Å². The van der Waals surface area contributed by atoms with Gasteiger partial charge in [-0.05, 0) is 24.3 Å². The molecule has 0 unspecified atom stereocenters. The van der Waals surface area contributed by atoms with Gasteiger partial charge in [-0.15, -0.1) is 0 Å². The second-order valence-electron chi connectivity index (χ2n) is 3.88. The lowest BCUT2D eigenvalue weighted by Gasteiger charge is -1.88. The van der Waals surface area contributed by atoms with Gasteiger partial charge in [0.05, 0.1) is 6.20 Å². The smallest absolute Gasteiger partial charge is 0.212 e. The van der Waals surface area contributed by atoms with Gasteiger partial charge in [0.2, 0.25) is 4.96 Å². The molecule has 3 aromatic heterocycles. The van der Waals surface area contributed by atoms with Crippen LogP contribution in [0.5, 0.6) is 0 Å². The van der Waals surface area contributed by atoms with Crippen molar-refractivity contribution in [2.24, 2.45) is 0 Å². The normalized spacial score (nSPS) is 11.6. The highest BCUT2D eigenvalue weighted by Gasteiger charge is 2.11. The van der Waals surface area contributed by atoms with Crippen molar-refractivity contribution < 1.29 is 4.42 Å². The fourth-order valence-corrected chi connectivity index (χ4v) is 2.88. The van der Waals surface area contributed by atoms with Gasteiger partial charge in [0.25, 0.3) is 0 Å². The van der Waals surface area contributed by atoms with Gasteiger partial charge in [0.15, 0.2) is 5.76 Å². The minimum absolute atomic E-state index is 0.765. The van der Waals surface area contributed by atoms with Crippen LogP contribution in [0.4, 0.5) is 0 Å². The van der Waals surface area contributed by atoms with Crippen molar-refractivity contribution in [3.63, 3.8) is 0 Å². The van der Waals surface area contributed by atoms with E-state index in [0.29, 0.717) is 0 Å². The van der Waals surface area contributed by atoms with E-state index < -0.39 is 0 Å². The van der Waals surface area contributed by atoms with Crippen LogP contribution in [0.3, 0.4) is 0 Å². The van der Waals surface area contributed by atoms with Crippen LogP contribution >= 0.6 is 27.3 Å². The fraction of sp³-hybridized carbons (Fsp3) is 0. The van der Waals surface area contributed by atoms with Crippen LogP contribution in [0.2, 0.25) is 0 Å². The van der Waals surface area contributed by atoms with Crippen LogP contribution in [-0.2, 0) is 0 Å². The molecule has 0 aliphatic rings. The molecule has 0 radical (unpaired) electrons. The molecule has 0 amide bonds. The first-order valence-corrected chi connectivity index (χ1v) is 6.95. The highest BCUT2D eigenvalue weighted by molar-refractivity contribution is 9.10. The standard InChI is InChI=1S/C12H6BrN3OS/c13-8-1-2-10-7(3-8)4-11(17-10)9-5-16-12(15-9)18-6-14-16/h1-6H. The van der Waals surface area contributed by atoms with Crippen molar-refractivity contribution in [1.29, 1.82) is 0 Å². The van der Waals surface area contributed by atoms with Crippen LogP contribution in [0.25, 0.3) is 27.4 Å². The van der Waals surface area contributed by atoms with E-state index >= 15 is 0 Å². The number of nitrogens with zero attached hydrogens (tertiary/aromatic N) is 3. The van der Waals surface area contributed by atoms with Crippen molar-refractivity contribution in [3.05, 3.63) is 40.4 Å². The van der Waals surface area contributed by atoms with Gasteiger partial charge >= 0.3 is 0 Å². The lowest BCUT2D eigenvalue weighted by Crippen LogP contribution is -1.76. The zero-order chi connectivity index (χ0) is 12.1. The minimum Gasteiger partial charge on any atom is -0.454 e. The van der Waals surface area contributed by atoms with Crippen LogP contribution in [-0.4, -0.2) is 14.6 Å². The first-order chi connectivity index (χ1) is 8.79. The fourth-order valence-electron chi connectivity index (χ4n) is 1.90. The summed E-state index contributed by atoms with van der Waals surface area (Å²) in [6, 6.07) is 7.92. The molecule has 0 N–H and O–H groups in total. The summed E-state index contributed by atoms with van der Waals surface area (Å²) in [5, 5.41) is 5.22. The molecule has 0 aliphatic carbocycles. The summed E-state index contributed by atoms with van der Waals surface area (Å²) in [5.41, 5.74) is 3.43. The van der Waals surface area contributed by atoms with E-state index in [1.807, 2.05) is 30.5 Å². The summed E-state index contributed by atoms with van der Waals surface area (Å²) in [4.78, 5) is 5.34. The Bertz CT molecular complexity index is 832. The summed E-state index contributed by atoms with van der Waals surface area (Å²) in [5.74, 6) is 0.765. The third-order valence-electron chi connectivity index (χ3n) is 2.72. The van der Waals surface area contributed by atoms with Crippen LogP contribution < -0.4 is 0 Å². The number of benzene rings is 1. The van der Waals surface area contributed by atoms with Gasteiger partial charge in [-0.3, -0.25) is 0 Å². The van der Waals surface area contributed by atoms with Crippen LogP contribution in [0, 0.1) is 0 Å². The van der Waals surface area contributed by atoms with Crippen LogP contribution in [0.15, 0.2) is 44.9 Å². The Morgan fingerprint density at radius 3 is 3.11 bits per heavy atom. The largest absolute Gasteiger partial charge is 0.454 e.